The Morgan fingerprint density at radius 2 is 1.50 bits per heavy atom. The van der Waals surface area contributed by atoms with Gasteiger partial charge >= 0.3 is 0 Å². The lowest BCUT2D eigenvalue weighted by atomic mass is 9.90. The van der Waals surface area contributed by atoms with Crippen molar-refractivity contribution in [3.05, 3.63) is 58.6 Å². The summed E-state index contributed by atoms with van der Waals surface area (Å²) in [5.74, 6) is -0.740. The van der Waals surface area contributed by atoms with Crippen molar-refractivity contribution >= 4 is 34.8 Å². The van der Waals surface area contributed by atoms with Crippen molar-refractivity contribution in [3.63, 3.8) is 0 Å². The van der Waals surface area contributed by atoms with E-state index in [-0.39, 0.29) is 11.8 Å². The molecule has 5 heteroatoms. The molecule has 126 valence electrons. The lowest BCUT2D eigenvalue weighted by molar-refractivity contribution is -0.135. The zero-order valence-corrected chi connectivity index (χ0v) is 15.0. The summed E-state index contributed by atoms with van der Waals surface area (Å²) in [6.45, 7) is 7.06. The second kappa shape index (κ2) is 7.05. The van der Waals surface area contributed by atoms with Gasteiger partial charge < -0.3 is 10.6 Å². The standard InChI is InChI=1S/C19H21ClN2O2/c1-12-5-6-13(2)16(11-12)22-18(24)19(3,4)17(23)21-15-9-7-14(20)8-10-15/h5-11H,1-4H3,(H,21,23)(H,22,24). The van der Waals surface area contributed by atoms with Gasteiger partial charge in [0.15, 0.2) is 0 Å². The normalized spacial score (nSPS) is 11.0. The van der Waals surface area contributed by atoms with E-state index in [0.717, 1.165) is 11.1 Å². The predicted molar refractivity (Wildman–Crippen MR) is 98.4 cm³/mol. The van der Waals surface area contributed by atoms with Crippen LogP contribution in [0.5, 0.6) is 0 Å². The van der Waals surface area contributed by atoms with Crippen molar-refractivity contribution in [2.75, 3.05) is 10.6 Å². The van der Waals surface area contributed by atoms with E-state index >= 15 is 0 Å². The molecule has 0 saturated heterocycles. The number of carbonyl (C=O) groups is 2. The Labute approximate surface area is 147 Å². The summed E-state index contributed by atoms with van der Waals surface area (Å²) in [5.41, 5.74) is 2.07. The third-order valence-corrected chi connectivity index (χ3v) is 4.13. The predicted octanol–water partition coefficient (Wildman–Crippen LogP) is 4.56. The Balaban J connectivity index is 2.12. The molecule has 0 aliphatic heterocycles. The zero-order chi connectivity index (χ0) is 17.9. The van der Waals surface area contributed by atoms with Crippen LogP contribution in [0.1, 0.15) is 25.0 Å². The highest BCUT2D eigenvalue weighted by Crippen LogP contribution is 2.24. The Bertz CT molecular complexity index is 767. The van der Waals surface area contributed by atoms with Crippen LogP contribution >= 0.6 is 11.6 Å². The van der Waals surface area contributed by atoms with E-state index in [1.165, 1.54) is 0 Å². The smallest absolute Gasteiger partial charge is 0.239 e. The first kappa shape index (κ1) is 18.0. The Morgan fingerprint density at radius 1 is 0.917 bits per heavy atom. The molecule has 2 N–H and O–H groups in total. The lowest BCUT2D eigenvalue weighted by Crippen LogP contribution is -2.41. The fourth-order valence-electron chi connectivity index (χ4n) is 2.07. The molecule has 0 saturated carbocycles. The van der Waals surface area contributed by atoms with Crippen molar-refractivity contribution in [3.8, 4) is 0 Å². The minimum atomic E-state index is -1.23. The van der Waals surface area contributed by atoms with Gasteiger partial charge in [-0.05, 0) is 69.2 Å². The van der Waals surface area contributed by atoms with Crippen molar-refractivity contribution < 1.29 is 9.59 Å². The molecule has 0 bridgehead atoms. The summed E-state index contributed by atoms with van der Waals surface area (Å²) in [7, 11) is 0. The fourth-order valence-corrected chi connectivity index (χ4v) is 2.20. The SMILES string of the molecule is Cc1ccc(C)c(NC(=O)C(C)(C)C(=O)Nc2ccc(Cl)cc2)c1. The topological polar surface area (TPSA) is 58.2 Å². The zero-order valence-electron chi connectivity index (χ0n) is 14.2. The van der Waals surface area contributed by atoms with Crippen LogP contribution in [0.2, 0.25) is 5.02 Å². The Kier molecular flexibility index (Phi) is 5.30. The molecule has 0 aliphatic rings. The molecule has 2 aromatic rings. The first-order chi connectivity index (χ1) is 11.2. The minimum absolute atomic E-state index is 0.359. The highest BCUT2D eigenvalue weighted by atomic mass is 35.5. The lowest BCUT2D eigenvalue weighted by Gasteiger charge is -2.23. The largest absolute Gasteiger partial charge is 0.325 e. The number of halogens is 1. The number of aryl methyl sites for hydroxylation is 2. The second-order valence-corrected chi connectivity index (χ2v) is 6.79. The summed E-state index contributed by atoms with van der Waals surface area (Å²) in [6, 6.07) is 12.5. The van der Waals surface area contributed by atoms with Crippen molar-refractivity contribution in [2.45, 2.75) is 27.7 Å². The fraction of sp³-hybridized carbons (Fsp3) is 0.263. The molecule has 24 heavy (non-hydrogen) atoms. The molecule has 2 amide bonds. The van der Waals surface area contributed by atoms with Gasteiger partial charge in [0.2, 0.25) is 11.8 Å². The van der Waals surface area contributed by atoms with E-state index in [1.54, 1.807) is 38.1 Å². The molecular weight excluding hydrogens is 324 g/mol. The minimum Gasteiger partial charge on any atom is -0.325 e. The van der Waals surface area contributed by atoms with Gasteiger partial charge in [-0.15, -0.1) is 0 Å². The van der Waals surface area contributed by atoms with Crippen LogP contribution < -0.4 is 10.6 Å². The summed E-state index contributed by atoms with van der Waals surface area (Å²) in [4.78, 5) is 25.1. The van der Waals surface area contributed by atoms with Crippen molar-refractivity contribution in [2.24, 2.45) is 5.41 Å². The van der Waals surface area contributed by atoms with Crippen LogP contribution in [0.3, 0.4) is 0 Å². The molecule has 2 aromatic carbocycles. The number of hydrogen-bond donors (Lipinski definition) is 2. The van der Waals surface area contributed by atoms with Crippen LogP contribution in [0.25, 0.3) is 0 Å². The monoisotopic (exact) mass is 344 g/mol. The first-order valence-corrected chi connectivity index (χ1v) is 8.03. The third kappa shape index (κ3) is 4.15. The third-order valence-electron chi connectivity index (χ3n) is 3.88. The Hall–Kier alpha value is -2.33. The van der Waals surface area contributed by atoms with Crippen molar-refractivity contribution in [1.82, 2.24) is 0 Å². The van der Waals surface area contributed by atoms with E-state index in [2.05, 4.69) is 10.6 Å². The van der Waals surface area contributed by atoms with E-state index in [9.17, 15) is 9.59 Å². The van der Waals surface area contributed by atoms with Crippen LogP contribution in [-0.4, -0.2) is 11.8 Å². The molecular formula is C19H21ClN2O2. The first-order valence-electron chi connectivity index (χ1n) is 7.66. The van der Waals surface area contributed by atoms with E-state index in [4.69, 9.17) is 11.6 Å². The quantitative estimate of drug-likeness (QED) is 0.799. The average Bonchev–Trinajstić information content (AvgIpc) is 2.53. The molecule has 0 spiro atoms. The number of amides is 2. The average molecular weight is 345 g/mol. The summed E-state index contributed by atoms with van der Waals surface area (Å²) in [6.07, 6.45) is 0. The van der Waals surface area contributed by atoms with Crippen molar-refractivity contribution in [1.29, 1.82) is 0 Å². The van der Waals surface area contributed by atoms with Gasteiger partial charge in [0, 0.05) is 16.4 Å². The van der Waals surface area contributed by atoms with Gasteiger partial charge in [0.25, 0.3) is 0 Å². The second-order valence-electron chi connectivity index (χ2n) is 6.36. The molecule has 0 heterocycles. The maximum absolute atomic E-state index is 12.6. The summed E-state index contributed by atoms with van der Waals surface area (Å²) in [5, 5.41) is 6.17. The Morgan fingerprint density at radius 3 is 2.12 bits per heavy atom. The highest BCUT2D eigenvalue weighted by Gasteiger charge is 2.36. The number of carbonyl (C=O) groups excluding carboxylic acids is 2. The van der Waals surface area contributed by atoms with E-state index in [0.29, 0.717) is 16.4 Å². The molecule has 0 atom stereocenters. The van der Waals surface area contributed by atoms with Crippen LogP contribution in [0, 0.1) is 19.3 Å². The number of benzene rings is 2. The van der Waals surface area contributed by atoms with E-state index in [1.807, 2.05) is 32.0 Å². The summed E-state index contributed by atoms with van der Waals surface area (Å²) < 4.78 is 0. The highest BCUT2D eigenvalue weighted by molar-refractivity contribution is 6.30. The van der Waals surface area contributed by atoms with Gasteiger partial charge in [-0.1, -0.05) is 23.7 Å². The molecule has 0 unspecified atom stereocenters. The van der Waals surface area contributed by atoms with Crippen LogP contribution in [-0.2, 0) is 9.59 Å². The molecule has 0 aromatic heterocycles. The number of hydrogen-bond acceptors (Lipinski definition) is 2. The van der Waals surface area contributed by atoms with Gasteiger partial charge in [-0.25, -0.2) is 0 Å². The molecule has 0 radical (unpaired) electrons. The van der Waals surface area contributed by atoms with Crippen LogP contribution in [0.4, 0.5) is 11.4 Å². The number of rotatable bonds is 4. The van der Waals surface area contributed by atoms with Gasteiger partial charge in [-0.3, -0.25) is 9.59 Å². The number of nitrogens with one attached hydrogen (secondary N) is 2. The van der Waals surface area contributed by atoms with Gasteiger partial charge in [0.05, 0.1) is 0 Å². The number of anilines is 2. The molecule has 2 rings (SSSR count). The summed E-state index contributed by atoms with van der Waals surface area (Å²) >= 11 is 5.83. The molecule has 0 fully saturated rings. The molecule has 4 nitrogen and oxygen atoms in total. The van der Waals surface area contributed by atoms with Gasteiger partial charge in [-0.2, -0.15) is 0 Å². The van der Waals surface area contributed by atoms with Gasteiger partial charge in [0.1, 0.15) is 5.41 Å². The van der Waals surface area contributed by atoms with Crippen LogP contribution in [0.15, 0.2) is 42.5 Å². The maximum Gasteiger partial charge on any atom is 0.239 e. The van der Waals surface area contributed by atoms with E-state index < -0.39 is 5.41 Å². The maximum atomic E-state index is 12.6. The molecule has 0 aliphatic carbocycles.